The third kappa shape index (κ3) is 4.02. The highest BCUT2D eigenvalue weighted by Gasteiger charge is 2.39. The largest absolute Gasteiger partial charge is 0.475 e. The maximum Gasteiger partial charge on any atom is 0.245 e. The monoisotopic (exact) mass is 385 g/mol. The zero-order chi connectivity index (χ0) is 19.5. The van der Waals surface area contributed by atoms with Crippen LogP contribution in [0.4, 0.5) is 0 Å². The Kier molecular flexibility index (Phi) is 5.85. The van der Waals surface area contributed by atoms with Gasteiger partial charge in [-0.05, 0) is 57.2 Å². The van der Waals surface area contributed by atoms with E-state index in [1.54, 1.807) is 9.80 Å². The highest BCUT2D eigenvalue weighted by molar-refractivity contribution is 5.95. The minimum absolute atomic E-state index is 0.115. The number of hydrogen-bond acceptors (Lipinski definition) is 4. The van der Waals surface area contributed by atoms with Crippen molar-refractivity contribution >= 4 is 11.8 Å². The number of ether oxygens (including phenoxy) is 1. The lowest BCUT2D eigenvalue weighted by molar-refractivity contribution is -0.157. The second-order valence-electron chi connectivity index (χ2n) is 8.27. The molecule has 0 N–H and O–H groups in total. The molecule has 3 aliphatic rings. The molecule has 4 rings (SSSR count). The smallest absolute Gasteiger partial charge is 0.245 e. The van der Waals surface area contributed by atoms with Gasteiger partial charge in [0.25, 0.3) is 0 Å². The molecule has 3 heterocycles. The molecule has 0 bridgehead atoms. The van der Waals surface area contributed by atoms with Gasteiger partial charge >= 0.3 is 0 Å². The number of hydrogen-bond donors (Lipinski definition) is 0. The van der Waals surface area contributed by atoms with Crippen molar-refractivity contribution in [3.05, 3.63) is 29.8 Å². The van der Waals surface area contributed by atoms with Gasteiger partial charge in [0.15, 0.2) is 6.23 Å². The first-order chi connectivity index (χ1) is 13.6. The van der Waals surface area contributed by atoms with Crippen LogP contribution in [-0.4, -0.2) is 72.0 Å². The summed E-state index contributed by atoms with van der Waals surface area (Å²) in [6, 6.07) is 8.06. The highest BCUT2D eigenvalue weighted by Crippen LogP contribution is 2.28. The van der Waals surface area contributed by atoms with Gasteiger partial charge in [-0.3, -0.25) is 14.5 Å². The van der Waals surface area contributed by atoms with Gasteiger partial charge in [-0.1, -0.05) is 18.2 Å². The molecular formula is C22H31N3O3. The normalized spacial score (nSPS) is 24.8. The minimum Gasteiger partial charge on any atom is -0.475 e. The van der Waals surface area contributed by atoms with Crippen molar-refractivity contribution in [2.75, 3.05) is 33.2 Å². The molecular weight excluding hydrogens is 354 g/mol. The molecule has 3 aliphatic heterocycles. The summed E-state index contributed by atoms with van der Waals surface area (Å²) in [5, 5.41) is 0. The standard InChI is InChI=1S/C22H31N3O3/c1-23(21-12-11-17-8-2-3-10-19(17)28-21)13-6-7-14-24-16-20(26)25-15-5-4-9-18(25)22(24)27/h2-3,8,10,18,21H,4-7,9,11-16H2,1H3. The lowest BCUT2D eigenvalue weighted by atomic mass is 9.98. The molecule has 152 valence electrons. The van der Waals surface area contributed by atoms with E-state index in [4.69, 9.17) is 4.74 Å². The lowest BCUT2D eigenvalue weighted by Gasteiger charge is -2.42. The second kappa shape index (κ2) is 8.52. The Labute approximate surface area is 167 Å². The number of para-hydroxylation sites is 1. The molecule has 1 aromatic rings. The van der Waals surface area contributed by atoms with Gasteiger partial charge < -0.3 is 14.5 Å². The van der Waals surface area contributed by atoms with Crippen LogP contribution in [0.1, 0.15) is 44.1 Å². The van der Waals surface area contributed by atoms with Crippen molar-refractivity contribution < 1.29 is 14.3 Å². The molecule has 6 heteroatoms. The van der Waals surface area contributed by atoms with Crippen molar-refractivity contribution in [3.63, 3.8) is 0 Å². The lowest BCUT2D eigenvalue weighted by Crippen LogP contribution is -2.61. The van der Waals surface area contributed by atoms with Crippen molar-refractivity contribution in [2.45, 2.75) is 57.2 Å². The molecule has 2 amide bonds. The van der Waals surface area contributed by atoms with Crippen LogP contribution in [0, 0.1) is 0 Å². The number of unbranched alkanes of at least 4 members (excludes halogenated alkanes) is 1. The molecule has 28 heavy (non-hydrogen) atoms. The van der Waals surface area contributed by atoms with Crippen LogP contribution < -0.4 is 4.74 Å². The van der Waals surface area contributed by atoms with Gasteiger partial charge in [-0.25, -0.2) is 0 Å². The number of benzene rings is 1. The maximum atomic E-state index is 12.7. The summed E-state index contributed by atoms with van der Waals surface area (Å²) >= 11 is 0. The van der Waals surface area contributed by atoms with E-state index >= 15 is 0 Å². The van der Waals surface area contributed by atoms with Gasteiger partial charge in [0, 0.05) is 26.1 Å². The quantitative estimate of drug-likeness (QED) is 0.705. The van der Waals surface area contributed by atoms with Crippen molar-refractivity contribution in [1.82, 2.24) is 14.7 Å². The fourth-order valence-electron chi connectivity index (χ4n) is 4.65. The molecule has 1 aromatic carbocycles. The van der Waals surface area contributed by atoms with Crippen molar-refractivity contribution in [3.8, 4) is 5.75 Å². The van der Waals surface area contributed by atoms with E-state index in [9.17, 15) is 9.59 Å². The molecule has 2 unspecified atom stereocenters. The van der Waals surface area contributed by atoms with Gasteiger partial charge in [-0.15, -0.1) is 0 Å². The number of piperazine rings is 1. The first-order valence-electron chi connectivity index (χ1n) is 10.7. The minimum atomic E-state index is -0.201. The van der Waals surface area contributed by atoms with Crippen molar-refractivity contribution in [1.29, 1.82) is 0 Å². The Morgan fingerprint density at radius 1 is 1.14 bits per heavy atom. The zero-order valence-electron chi connectivity index (χ0n) is 16.8. The molecule has 2 atom stereocenters. The Bertz CT molecular complexity index is 723. The SMILES string of the molecule is CN(CCCCN1CC(=O)N2CCCCC2C1=O)C1CCc2ccccc2O1. The molecule has 6 nitrogen and oxygen atoms in total. The fourth-order valence-corrected chi connectivity index (χ4v) is 4.65. The van der Waals surface area contributed by atoms with Crippen LogP contribution in [-0.2, 0) is 16.0 Å². The summed E-state index contributed by atoms with van der Waals surface area (Å²) < 4.78 is 6.14. The van der Waals surface area contributed by atoms with Gasteiger partial charge in [-0.2, -0.15) is 0 Å². The molecule has 0 aliphatic carbocycles. The summed E-state index contributed by atoms with van der Waals surface area (Å²) in [6.45, 7) is 2.61. The number of aryl methyl sites for hydroxylation is 1. The van der Waals surface area contributed by atoms with E-state index in [0.29, 0.717) is 6.54 Å². The summed E-state index contributed by atoms with van der Waals surface area (Å²) in [7, 11) is 2.11. The van der Waals surface area contributed by atoms with Gasteiger partial charge in [0.2, 0.25) is 11.8 Å². The first kappa shape index (κ1) is 19.2. The summed E-state index contributed by atoms with van der Waals surface area (Å²) in [5.74, 6) is 1.27. The topological polar surface area (TPSA) is 53.1 Å². The highest BCUT2D eigenvalue weighted by atomic mass is 16.5. The summed E-state index contributed by atoms with van der Waals surface area (Å²) in [4.78, 5) is 30.9. The molecule has 2 saturated heterocycles. The maximum absolute atomic E-state index is 12.7. The van der Waals surface area contributed by atoms with E-state index in [2.05, 4.69) is 24.1 Å². The number of nitrogens with zero attached hydrogens (tertiary/aromatic N) is 3. The third-order valence-corrected chi connectivity index (χ3v) is 6.32. The van der Waals surface area contributed by atoms with Crippen LogP contribution in [0.3, 0.4) is 0 Å². The van der Waals surface area contributed by atoms with Gasteiger partial charge in [0.1, 0.15) is 11.8 Å². The van der Waals surface area contributed by atoms with E-state index in [1.165, 1.54) is 5.56 Å². The Balaban J connectivity index is 1.21. The fraction of sp³-hybridized carbons (Fsp3) is 0.636. The third-order valence-electron chi connectivity index (χ3n) is 6.32. The van der Waals surface area contributed by atoms with Gasteiger partial charge in [0.05, 0.1) is 6.54 Å². The Morgan fingerprint density at radius 2 is 2.00 bits per heavy atom. The number of carbonyl (C=O) groups is 2. The molecule has 0 saturated carbocycles. The van der Waals surface area contributed by atoms with Crippen molar-refractivity contribution in [2.24, 2.45) is 0 Å². The van der Waals surface area contributed by atoms with E-state index in [-0.39, 0.29) is 30.6 Å². The Morgan fingerprint density at radius 3 is 2.89 bits per heavy atom. The second-order valence-corrected chi connectivity index (χ2v) is 8.27. The number of rotatable bonds is 6. The summed E-state index contributed by atoms with van der Waals surface area (Å²) in [5.41, 5.74) is 1.29. The van der Waals surface area contributed by atoms with Crippen LogP contribution in [0.15, 0.2) is 24.3 Å². The van der Waals surface area contributed by atoms with E-state index < -0.39 is 0 Å². The molecule has 0 radical (unpaired) electrons. The number of piperidine rings is 1. The number of carbonyl (C=O) groups excluding carboxylic acids is 2. The molecule has 0 aromatic heterocycles. The predicted molar refractivity (Wildman–Crippen MR) is 107 cm³/mol. The average Bonchev–Trinajstić information content (AvgIpc) is 2.74. The number of amides is 2. The molecule has 0 spiro atoms. The number of fused-ring (bicyclic) bond motifs is 2. The predicted octanol–water partition coefficient (Wildman–Crippen LogP) is 2.27. The summed E-state index contributed by atoms with van der Waals surface area (Å²) in [6.07, 6.45) is 6.97. The van der Waals surface area contributed by atoms with E-state index in [1.807, 2.05) is 12.1 Å². The molecule has 2 fully saturated rings. The first-order valence-corrected chi connectivity index (χ1v) is 10.7. The zero-order valence-corrected chi connectivity index (χ0v) is 16.8. The Hall–Kier alpha value is -2.08. The van der Waals surface area contributed by atoms with Crippen LogP contribution in [0.5, 0.6) is 5.75 Å². The van der Waals surface area contributed by atoms with E-state index in [0.717, 1.165) is 63.8 Å². The average molecular weight is 386 g/mol. The van der Waals surface area contributed by atoms with Crippen LogP contribution in [0.25, 0.3) is 0 Å². The van der Waals surface area contributed by atoms with Crippen LogP contribution >= 0.6 is 0 Å². The van der Waals surface area contributed by atoms with Crippen LogP contribution in [0.2, 0.25) is 0 Å².